The minimum absolute atomic E-state index is 0.253. The quantitative estimate of drug-likeness (QED) is 0.724. The fourth-order valence-corrected chi connectivity index (χ4v) is 2.08. The molecule has 1 unspecified atom stereocenters. The molecule has 2 heterocycles. The lowest BCUT2D eigenvalue weighted by molar-refractivity contribution is 0.0593. The Kier molecular flexibility index (Phi) is 3.76. The number of methoxy groups -OCH3 is 1. The molecule has 0 radical (unpaired) electrons. The highest BCUT2D eigenvalue weighted by atomic mass is 16.5. The van der Waals surface area contributed by atoms with Crippen molar-refractivity contribution >= 4 is 11.8 Å². The predicted molar refractivity (Wildman–Crippen MR) is 67.7 cm³/mol. The summed E-state index contributed by atoms with van der Waals surface area (Å²) in [7, 11) is 5.49. The predicted octanol–water partition coefficient (Wildman–Crippen LogP) is 0.403. The van der Waals surface area contributed by atoms with E-state index in [-0.39, 0.29) is 5.69 Å². The molecule has 1 saturated heterocycles. The second-order valence-electron chi connectivity index (χ2n) is 4.61. The molecule has 1 aliphatic heterocycles. The average Bonchev–Trinajstić information content (AvgIpc) is 2.88. The van der Waals surface area contributed by atoms with Crippen molar-refractivity contribution in [3.8, 4) is 0 Å². The van der Waals surface area contributed by atoms with Crippen LogP contribution in [-0.2, 0) is 4.74 Å². The van der Waals surface area contributed by atoms with Gasteiger partial charge >= 0.3 is 5.97 Å². The van der Waals surface area contributed by atoms with E-state index in [1.807, 2.05) is 0 Å². The zero-order valence-corrected chi connectivity index (χ0v) is 11.0. The average molecular weight is 250 g/mol. The van der Waals surface area contributed by atoms with Gasteiger partial charge in [0.2, 0.25) is 0 Å². The van der Waals surface area contributed by atoms with E-state index in [0.29, 0.717) is 6.04 Å². The molecule has 1 aromatic heterocycles. The van der Waals surface area contributed by atoms with Crippen molar-refractivity contribution in [1.29, 1.82) is 0 Å². The number of esters is 1. The summed E-state index contributed by atoms with van der Waals surface area (Å²) >= 11 is 0. The van der Waals surface area contributed by atoms with Gasteiger partial charge in [-0.3, -0.25) is 4.98 Å². The van der Waals surface area contributed by atoms with Crippen molar-refractivity contribution in [2.24, 2.45) is 0 Å². The molecule has 1 atom stereocenters. The van der Waals surface area contributed by atoms with Crippen LogP contribution in [0.5, 0.6) is 0 Å². The number of likely N-dealkylation sites (N-methyl/N-ethyl adjacent to an activating group) is 1. The van der Waals surface area contributed by atoms with Gasteiger partial charge in [0.1, 0.15) is 5.82 Å². The number of nitrogens with zero attached hydrogens (tertiary/aromatic N) is 4. The lowest BCUT2D eigenvalue weighted by atomic mass is 10.2. The molecule has 0 spiro atoms. The molecule has 0 aliphatic carbocycles. The molecule has 0 amide bonds. The van der Waals surface area contributed by atoms with Gasteiger partial charge in [-0.2, -0.15) is 0 Å². The summed E-state index contributed by atoms with van der Waals surface area (Å²) in [5.74, 6) is 0.287. The molecule has 6 heteroatoms. The molecule has 0 saturated carbocycles. The Bertz CT molecular complexity index is 436. The molecule has 0 aromatic carbocycles. The first-order chi connectivity index (χ1) is 8.61. The summed E-state index contributed by atoms with van der Waals surface area (Å²) in [5, 5.41) is 0. The zero-order valence-electron chi connectivity index (χ0n) is 11.0. The summed E-state index contributed by atoms with van der Waals surface area (Å²) in [6.07, 6.45) is 4.20. The van der Waals surface area contributed by atoms with Crippen LogP contribution in [0.15, 0.2) is 12.4 Å². The van der Waals surface area contributed by atoms with Crippen molar-refractivity contribution in [1.82, 2.24) is 14.9 Å². The third kappa shape index (κ3) is 2.59. The number of ether oxygens (including phenoxy) is 1. The van der Waals surface area contributed by atoms with Crippen LogP contribution in [0.1, 0.15) is 16.9 Å². The van der Waals surface area contributed by atoms with Gasteiger partial charge in [-0.1, -0.05) is 0 Å². The lowest BCUT2D eigenvalue weighted by Crippen LogP contribution is -2.31. The monoisotopic (exact) mass is 250 g/mol. The van der Waals surface area contributed by atoms with E-state index in [1.54, 1.807) is 6.20 Å². The van der Waals surface area contributed by atoms with Crippen LogP contribution in [0.2, 0.25) is 0 Å². The van der Waals surface area contributed by atoms with Gasteiger partial charge < -0.3 is 14.5 Å². The summed E-state index contributed by atoms with van der Waals surface area (Å²) < 4.78 is 4.65. The van der Waals surface area contributed by atoms with Crippen molar-refractivity contribution in [2.45, 2.75) is 12.5 Å². The van der Waals surface area contributed by atoms with Crippen molar-refractivity contribution in [3.05, 3.63) is 18.1 Å². The first kappa shape index (κ1) is 12.8. The Morgan fingerprint density at radius 3 is 2.89 bits per heavy atom. The number of carbonyl (C=O) groups excluding carboxylic acids is 1. The molecule has 1 aliphatic rings. The van der Waals surface area contributed by atoms with Crippen LogP contribution in [0, 0.1) is 0 Å². The maximum absolute atomic E-state index is 11.4. The Balaban J connectivity index is 2.12. The lowest BCUT2D eigenvalue weighted by Gasteiger charge is -2.20. The van der Waals surface area contributed by atoms with Crippen LogP contribution in [0.25, 0.3) is 0 Å². The number of aromatic nitrogens is 2. The van der Waals surface area contributed by atoms with E-state index in [9.17, 15) is 4.79 Å². The smallest absolute Gasteiger partial charge is 0.358 e. The Hall–Kier alpha value is -1.69. The molecular weight excluding hydrogens is 232 g/mol. The molecule has 98 valence electrons. The van der Waals surface area contributed by atoms with Gasteiger partial charge in [0, 0.05) is 19.1 Å². The molecular formula is C12H18N4O2. The first-order valence-corrected chi connectivity index (χ1v) is 5.93. The van der Waals surface area contributed by atoms with E-state index < -0.39 is 5.97 Å². The topological polar surface area (TPSA) is 58.6 Å². The van der Waals surface area contributed by atoms with Crippen LogP contribution in [0.4, 0.5) is 5.82 Å². The highest BCUT2D eigenvalue weighted by Crippen LogP contribution is 2.19. The van der Waals surface area contributed by atoms with Crippen molar-refractivity contribution < 1.29 is 9.53 Å². The van der Waals surface area contributed by atoms with E-state index in [0.717, 1.165) is 25.3 Å². The second kappa shape index (κ2) is 5.30. The Labute approximate surface area is 107 Å². The van der Waals surface area contributed by atoms with Gasteiger partial charge in [-0.25, -0.2) is 9.78 Å². The van der Waals surface area contributed by atoms with E-state index in [2.05, 4.69) is 38.6 Å². The standard InChI is InChI=1S/C12H18N4O2/c1-15(2)9-4-5-16(8-9)11-7-13-6-10(14-11)12(17)18-3/h6-7,9H,4-5,8H2,1-3H3. The van der Waals surface area contributed by atoms with Crippen molar-refractivity contribution in [3.63, 3.8) is 0 Å². The van der Waals surface area contributed by atoms with E-state index in [1.165, 1.54) is 13.3 Å². The second-order valence-corrected chi connectivity index (χ2v) is 4.61. The summed E-state index contributed by atoms with van der Waals surface area (Å²) in [5.41, 5.74) is 0.253. The van der Waals surface area contributed by atoms with E-state index >= 15 is 0 Å². The van der Waals surface area contributed by atoms with Crippen LogP contribution in [0.3, 0.4) is 0 Å². The number of rotatable bonds is 3. The SMILES string of the molecule is COC(=O)c1cncc(N2CCC(N(C)C)C2)n1. The fraction of sp³-hybridized carbons (Fsp3) is 0.583. The number of anilines is 1. The number of hydrogen-bond acceptors (Lipinski definition) is 6. The fourth-order valence-electron chi connectivity index (χ4n) is 2.08. The third-order valence-corrected chi connectivity index (χ3v) is 3.23. The molecule has 1 aromatic rings. The van der Waals surface area contributed by atoms with Crippen molar-refractivity contribution in [2.75, 3.05) is 39.2 Å². The maximum atomic E-state index is 11.4. The highest BCUT2D eigenvalue weighted by molar-refractivity contribution is 5.87. The normalized spacial score (nSPS) is 19.3. The Morgan fingerprint density at radius 2 is 2.28 bits per heavy atom. The van der Waals surface area contributed by atoms with Gasteiger partial charge in [0.05, 0.1) is 19.5 Å². The van der Waals surface area contributed by atoms with Crippen LogP contribution in [-0.4, -0.2) is 61.2 Å². The minimum atomic E-state index is -0.451. The Morgan fingerprint density at radius 1 is 1.50 bits per heavy atom. The van der Waals surface area contributed by atoms with Crippen LogP contribution < -0.4 is 4.90 Å². The molecule has 0 bridgehead atoms. The summed E-state index contributed by atoms with van der Waals surface area (Å²) in [6.45, 7) is 1.84. The zero-order chi connectivity index (χ0) is 13.1. The van der Waals surface area contributed by atoms with Gasteiger partial charge in [0.25, 0.3) is 0 Å². The molecule has 0 N–H and O–H groups in total. The maximum Gasteiger partial charge on any atom is 0.358 e. The van der Waals surface area contributed by atoms with Gasteiger partial charge in [-0.15, -0.1) is 0 Å². The minimum Gasteiger partial charge on any atom is -0.464 e. The number of carbonyl (C=O) groups is 1. The highest BCUT2D eigenvalue weighted by Gasteiger charge is 2.25. The molecule has 18 heavy (non-hydrogen) atoms. The summed E-state index contributed by atoms with van der Waals surface area (Å²) in [4.78, 5) is 24.1. The summed E-state index contributed by atoms with van der Waals surface area (Å²) in [6, 6.07) is 0.522. The molecule has 6 nitrogen and oxygen atoms in total. The largest absolute Gasteiger partial charge is 0.464 e. The van der Waals surface area contributed by atoms with E-state index in [4.69, 9.17) is 0 Å². The molecule has 2 rings (SSSR count). The molecule has 1 fully saturated rings. The van der Waals surface area contributed by atoms with Gasteiger partial charge in [-0.05, 0) is 20.5 Å². The number of hydrogen-bond donors (Lipinski definition) is 0. The van der Waals surface area contributed by atoms with Gasteiger partial charge in [0.15, 0.2) is 5.69 Å². The van der Waals surface area contributed by atoms with Crippen LogP contribution >= 0.6 is 0 Å². The third-order valence-electron chi connectivity index (χ3n) is 3.23. The first-order valence-electron chi connectivity index (χ1n) is 5.93.